The van der Waals surface area contributed by atoms with Crippen LogP contribution in [0.1, 0.15) is 0 Å². The predicted octanol–water partition coefficient (Wildman–Crippen LogP) is 10.8. The highest BCUT2D eigenvalue weighted by Gasteiger charge is 2.41. The number of benzene rings is 9. The van der Waals surface area contributed by atoms with Gasteiger partial charge in [0.05, 0.1) is 27.8 Å². The molecule has 0 saturated heterocycles. The van der Waals surface area contributed by atoms with Crippen molar-refractivity contribution >= 4 is 72.4 Å². The molecule has 0 bridgehead atoms. The molecule has 5 nitrogen and oxygen atoms in total. The Morgan fingerprint density at radius 1 is 0.302 bits per heavy atom. The third kappa shape index (κ3) is 5.87. The second-order valence-electron chi connectivity index (χ2n) is 16.0. The molecule has 63 heavy (non-hydrogen) atoms. The third-order valence-electron chi connectivity index (χ3n) is 12.5. The molecule has 6 heteroatoms. The van der Waals surface area contributed by atoms with E-state index in [9.17, 15) is 0 Å². The van der Waals surface area contributed by atoms with Crippen LogP contribution in [0.2, 0.25) is 0 Å². The number of para-hydroxylation sites is 5. The van der Waals surface area contributed by atoms with Gasteiger partial charge in [-0.2, -0.15) is 9.97 Å². The first-order valence-electron chi connectivity index (χ1n) is 21.4. The Labute approximate surface area is 365 Å². The summed E-state index contributed by atoms with van der Waals surface area (Å²) in [6.07, 6.45) is 0. The molecule has 0 radical (unpaired) electrons. The highest BCUT2D eigenvalue weighted by molar-refractivity contribution is 7.19. The summed E-state index contributed by atoms with van der Waals surface area (Å²) >= 11 is 0. The minimum Gasteiger partial charge on any atom is -0.309 e. The van der Waals surface area contributed by atoms with Crippen LogP contribution in [0.3, 0.4) is 0 Å². The molecule has 0 unspecified atom stereocenters. The van der Waals surface area contributed by atoms with Crippen LogP contribution in [0.4, 0.5) is 0 Å². The molecule has 0 spiro atoms. The molecule has 9 aromatic carbocycles. The molecular weight excluding hydrogens is 783 g/mol. The van der Waals surface area contributed by atoms with Gasteiger partial charge >= 0.3 is 0 Å². The van der Waals surface area contributed by atoms with E-state index in [1.165, 1.54) is 31.5 Å². The minimum atomic E-state index is -2.86. The maximum Gasteiger partial charge on any atom is 0.238 e. The van der Waals surface area contributed by atoms with E-state index in [2.05, 4.69) is 246 Å². The molecule has 296 valence electrons. The van der Waals surface area contributed by atoms with Crippen LogP contribution in [0, 0.1) is 0 Å². The fraction of sp³-hybridized carbons (Fsp3) is 0. The molecular formula is C57H39N5Si. The fourth-order valence-electron chi connectivity index (χ4n) is 9.85. The van der Waals surface area contributed by atoms with Crippen LogP contribution >= 0.6 is 0 Å². The van der Waals surface area contributed by atoms with E-state index in [0.717, 1.165) is 49.7 Å². The minimum absolute atomic E-state index is 0.563. The van der Waals surface area contributed by atoms with Crippen LogP contribution < -0.4 is 20.7 Å². The molecule has 12 aromatic rings. The maximum absolute atomic E-state index is 5.48. The average Bonchev–Trinajstić information content (AvgIpc) is 3.88. The van der Waals surface area contributed by atoms with Crippen molar-refractivity contribution in [1.29, 1.82) is 0 Å². The van der Waals surface area contributed by atoms with E-state index >= 15 is 0 Å². The van der Waals surface area contributed by atoms with Crippen molar-refractivity contribution in [2.24, 2.45) is 0 Å². The Morgan fingerprint density at radius 3 is 1.21 bits per heavy atom. The lowest BCUT2D eigenvalue weighted by Gasteiger charge is -2.34. The van der Waals surface area contributed by atoms with Gasteiger partial charge in [0.25, 0.3) is 0 Å². The zero-order chi connectivity index (χ0) is 41.7. The van der Waals surface area contributed by atoms with Crippen LogP contribution in [0.25, 0.3) is 78.0 Å². The van der Waals surface area contributed by atoms with Crippen molar-refractivity contribution in [3.63, 3.8) is 0 Å². The van der Waals surface area contributed by atoms with E-state index in [0.29, 0.717) is 17.6 Å². The van der Waals surface area contributed by atoms with E-state index in [4.69, 9.17) is 15.0 Å². The van der Waals surface area contributed by atoms with Gasteiger partial charge in [-0.05, 0) is 57.1 Å². The molecule has 0 aliphatic rings. The highest BCUT2D eigenvalue weighted by Crippen LogP contribution is 2.37. The monoisotopic (exact) mass is 821 g/mol. The Morgan fingerprint density at radius 2 is 0.698 bits per heavy atom. The summed E-state index contributed by atoms with van der Waals surface area (Å²) in [5.74, 6) is 1.76. The quantitative estimate of drug-likeness (QED) is 0.113. The van der Waals surface area contributed by atoms with Gasteiger partial charge in [-0.25, -0.2) is 4.98 Å². The number of fused-ring (bicyclic) bond motifs is 6. The molecule has 0 atom stereocenters. The predicted molar refractivity (Wildman–Crippen MR) is 263 cm³/mol. The second-order valence-corrected chi connectivity index (χ2v) is 19.8. The zero-order valence-electron chi connectivity index (χ0n) is 34.3. The van der Waals surface area contributed by atoms with E-state index in [-0.39, 0.29) is 0 Å². The van der Waals surface area contributed by atoms with Gasteiger partial charge in [0.15, 0.2) is 19.7 Å². The Balaban J connectivity index is 1.15. The van der Waals surface area contributed by atoms with Crippen molar-refractivity contribution < 1.29 is 0 Å². The average molecular weight is 822 g/mol. The van der Waals surface area contributed by atoms with Crippen molar-refractivity contribution in [1.82, 2.24) is 24.1 Å². The molecule has 0 N–H and O–H groups in total. The van der Waals surface area contributed by atoms with Crippen LogP contribution in [0.15, 0.2) is 237 Å². The van der Waals surface area contributed by atoms with Crippen LogP contribution in [-0.2, 0) is 0 Å². The lowest BCUT2D eigenvalue weighted by molar-refractivity contribution is 0.952. The largest absolute Gasteiger partial charge is 0.309 e. The van der Waals surface area contributed by atoms with Crippen molar-refractivity contribution in [3.8, 4) is 34.4 Å². The third-order valence-corrected chi connectivity index (χ3v) is 17.3. The lowest BCUT2D eigenvalue weighted by atomic mass is 10.1. The first-order chi connectivity index (χ1) is 31.3. The summed E-state index contributed by atoms with van der Waals surface area (Å²) < 4.78 is 4.55. The van der Waals surface area contributed by atoms with Gasteiger partial charge in [-0.1, -0.05) is 200 Å². The van der Waals surface area contributed by atoms with E-state index < -0.39 is 8.07 Å². The summed E-state index contributed by atoms with van der Waals surface area (Å²) in [4.78, 5) is 16.4. The fourth-order valence-corrected chi connectivity index (χ4v) is 14.6. The van der Waals surface area contributed by atoms with Crippen LogP contribution in [0.5, 0.6) is 0 Å². The van der Waals surface area contributed by atoms with Gasteiger partial charge in [-0.15, -0.1) is 0 Å². The normalized spacial score (nSPS) is 11.8. The first-order valence-corrected chi connectivity index (χ1v) is 23.4. The van der Waals surface area contributed by atoms with Gasteiger partial charge < -0.3 is 4.57 Å². The molecule has 0 aliphatic heterocycles. The molecule has 12 rings (SSSR count). The van der Waals surface area contributed by atoms with E-state index in [1.54, 1.807) is 0 Å². The standard InChI is InChI=1S/C57H39N5Si/c1-4-22-41(23-5-1)63(42-24-6-2-7-25-42,43-26-8-3-9-27-43)44-28-20-21-40(39-44)55-58-56(60-57(59-55)62-52-36-17-12-31-47(52)48-32-13-18-37-53(48)62)49-33-14-19-38-54(49)61-50-34-15-10-29-45(50)46-30-11-16-35-51(46)61/h1-39H. The number of rotatable bonds is 8. The van der Waals surface area contributed by atoms with Gasteiger partial charge in [0.2, 0.25) is 5.95 Å². The summed E-state index contributed by atoms with van der Waals surface area (Å²) in [6.45, 7) is 0. The van der Waals surface area contributed by atoms with Gasteiger partial charge in [0, 0.05) is 32.7 Å². The maximum atomic E-state index is 5.48. The Bertz CT molecular complexity index is 3430. The Kier molecular flexibility index (Phi) is 8.76. The van der Waals surface area contributed by atoms with Gasteiger partial charge in [-0.3, -0.25) is 4.57 Å². The summed E-state index contributed by atoms with van der Waals surface area (Å²) in [5.41, 5.74) is 7.15. The molecule has 0 fully saturated rings. The zero-order valence-corrected chi connectivity index (χ0v) is 35.3. The molecule has 3 heterocycles. The molecule has 0 amide bonds. The highest BCUT2D eigenvalue weighted by atomic mass is 28.3. The molecule has 0 aliphatic carbocycles. The topological polar surface area (TPSA) is 48.5 Å². The molecule has 3 aromatic heterocycles. The number of nitrogens with zero attached hydrogens (tertiary/aromatic N) is 5. The summed E-state index contributed by atoms with van der Waals surface area (Å²) in [7, 11) is -2.86. The first kappa shape index (κ1) is 36.6. The summed E-state index contributed by atoms with van der Waals surface area (Å²) in [6, 6.07) is 84.8. The van der Waals surface area contributed by atoms with Gasteiger partial charge in [0.1, 0.15) is 0 Å². The van der Waals surface area contributed by atoms with Crippen molar-refractivity contribution in [2.75, 3.05) is 0 Å². The lowest BCUT2D eigenvalue weighted by Crippen LogP contribution is -2.74. The number of aromatic nitrogens is 5. The van der Waals surface area contributed by atoms with Crippen molar-refractivity contribution in [3.05, 3.63) is 237 Å². The number of hydrogen-bond donors (Lipinski definition) is 0. The summed E-state index contributed by atoms with van der Waals surface area (Å²) in [5, 5.41) is 9.86. The number of hydrogen-bond acceptors (Lipinski definition) is 3. The second kappa shape index (κ2) is 15.1. The van der Waals surface area contributed by atoms with Crippen molar-refractivity contribution in [2.45, 2.75) is 0 Å². The Hall–Kier alpha value is -8.19. The van der Waals surface area contributed by atoms with Crippen LogP contribution in [-0.4, -0.2) is 32.2 Å². The SMILES string of the molecule is c1ccc([Si](c2ccccc2)(c2ccccc2)c2cccc(-c3nc(-c4ccccc4-n4c5ccccc5c5ccccc54)nc(-n4c5ccccc5c5ccccc54)n3)c2)cc1. The molecule has 0 saturated carbocycles. The smallest absolute Gasteiger partial charge is 0.238 e. The van der Waals surface area contributed by atoms with E-state index in [1.807, 2.05) is 0 Å².